The number of ether oxygens (including phenoxy) is 1. The Balaban J connectivity index is 2.10. The van der Waals surface area contributed by atoms with Gasteiger partial charge in [-0.2, -0.15) is 0 Å². The van der Waals surface area contributed by atoms with E-state index in [1.54, 1.807) is 6.07 Å². The third-order valence-corrected chi connectivity index (χ3v) is 4.05. The molecule has 0 N–H and O–H groups in total. The van der Waals surface area contributed by atoms with E-state index in [-0.39, 0.29) is 5.38 Å². The summed E-state index contributed by atoms with van der Waals surface area (Å²) in [5.41, 5.74) is 1.05. The molecule has 1 saturated heterocycles. The Morgan fingerprint density at radius 2 is 2.12 bits per heavy atom. The first kappa shape index (κ1) is 12.5. The second-order valence-electron chi connectivity index (χ2n) is 4.08. The molecule has 0 bridgehead atoms. The van der Waals surface area contributed by atoms with Crippen LogP contribution in [-0.2, 0) is 11.2 Å². The summed E-state index contributed by atoms with van der Waals surface area (Å²) < 4.78 is 5.43. The van der Waals surface area contributed by atoms with Crippen LogP contribution in [0, 0.1) is 5.92 Å². The zero-order valence-electron chi connectivity index (χ0n) is 8.76. The lowest BCUT2D eigenvalue weighted by Gasteiger charge is -2.27. The van der Waals surface area contributed by atoms with Crippen LogP contribution in [-0.4, -0.2) is 18.6 Å². The van der Waals surface area contributed by atoms with Crippen molar-refractivity contribution in [2.45, 2.75) is 18.2 Å². The van der Waals surface area contributed by atoms with E-state index in [4.69, 9.17) is 39.5 Å². The van der Waals surface area contributed by atoms with Crippen molar-refractivity contribution in [3.63, 3.8) is 0 Å². The minimum absolute atomic E-state index is 0.170. The second-order valence-corrected chi connectivity index (χ2v) is 5.48. The summed E-state index contributed by atoms with van der Waals surface area (Å²) in [5.74, 6) is 0.325. The maximum absolute atomic E-state index is 6.27. The quantitative estimate of drug-likeness (QED) is 0.738. The minimum atomic E-state index is 0.170. The van der Waals surface area contributed by atoms with Gasteiger partial charge in [0.05, 0.1) is 6.61 Å². The Morgan fingerprint density at radius 1 is 1.31 bits per heavy atom. The van der Waals surface area contributed by atoms with Gasteiger partial charge < -0.3 is 4.74 Å². The van der Waals surface area contributed by atoms with E-state index in [0.717, 1.165) is 30.0 Å². The van der Waals surface area contributed by atoms with Crippen molar-refractivity contribution in [3.8, 4) is 0 Å². The third-order valence-electron chi connectivity index (χ3n) is 2.87. The van der Waals surface area contributed by atoms with Gasteiger partial charge in [0.25, 0.3) is 0 Å². The summed E-state index contributed by atoms with van der Waals surface area (Å²) in [5, 5.41) is 1.63. The standard InChI is InChI=1S/C12H13Cl3O/c13-10-1-2-11(14)8(6-10)5-9-7-16-4-3-12(9)15/h1-2,6,9,12H,3-5,7H2. The maximum Gasteiger partial charge on any atom is 0.0511 e. The van der Waals surface area contributed by atoms with E-state index < -0.39 is 0 Å². The largest absolute Gasteiger partial charge is 0.381 e. The highest BCUT2D eigenvalue weighted by molar-refractivity contribution is 6.33. The Hall–Kier alpha value is 0.0500. The summed E-state index contributed by atoms with van der Waals surface area (Å²) in [6.45, 7) is 1.46. The molecule has 0 radical (unpaired) electrons. The molecule has 2 unspecified atom stereocenters. The smallest absolute Gasteiger partial charge is 0.0511 e. The van der Waals surface area contributed by atoms with E-state index >= 15 is 0 Å². The topological polar surface area (TPSA) is 9.23 Å². The Morgan fingerprint density at radius 3 is 2.88 bits per heavy atom. The van der Waals surface area contributed by atoms with Gasteiger partial charge in [-0.1, -0.05) is 23.2 Å². The predicted molar refractivity (Wildman–Crippen MR) is 68.7 cm³/mol. The van der Waals surface area contributed by atoms with Crippen LogP contribution in [0.4, 0.5) is 0 Å². The monoisotopic (exact) mass is 278 g/mol. The first-order valence-electron chi connectivity index (χ1n) is 5.32. The average molecular weight is 280 g/mol. The SMILES string of the molecule is Clc1ccc(Cl)c(CC2COCCC2Cl)c1. The van der Waals surface area contributed by atoms with Gasteiger partial charge in [-0.05, 0) is 36.6 Å². The summed E-state index contributed by atoms with van der Waals surface area (Å²) in [6, 6.07) is 5.52. The summed E-state index contributed by atoms with van der Waals surface area (Å²) in [4.78, 5) is 0. The molecular formula is C12H13Cl3O. The fourth-order valence-corrected chi connectivity index (χ4v) is 2.58. The predicted octanol–water partition coefficient (Wildman–Crippen LogP) is 4.18. The highest BCUT2D eigenvalue weighted by Crippen LogP contribution is 2.28. The van der Waals surface area contributed by atoms with E-state index in [1.165, 1.54) is 0 Å². The zero-order chi connectivity index (χ0) is 11.5. The number of hydrogen-bond donors (Lipinski definition) is 0. The average Bonchev–Trinajstić information content (AvgIpc) is 2.27. The fraction of sp³-hybridized carbons (Fsp3) is 0.500. The lowest BCUT2D eigenvalue weighted by Crippen LogP contribution is -2.29. The number of rotatable bonds is 2. The van der Waals surface area contributed by atoms with Gasteiger partial charge in [0.15, 0.2) is 0 Å². The van der Waals surface area contributed by atoms with Crippen LogP contribution < -0.4 is 0 Å². The van der Waals surface area contributed by atoms with Crippen molar-refractivity contribution in [1.29, 1.82) is 0 Å². The molecule has 0 amide bonds. The lowest BCUT2D eigenvalue weighted by molar-refractivity contribution is 0.0578. The van der Waals surface area contributed by atoms with Crippen LogP contribution in [0.1, 0.15) is 12.0 Å². The first-order chi connectivity index (χ1) is 7.66. The second kappa shape index (κ2) is 5.59. The third kappa shape index (κ3) is 3.04. The van der Waals surface area contributed by atoms with Crippen LogP contribution in [0.15, 0.2) is 18.2 Å². The molecule has 1 heterocycles. The molecular weight excluding hydrogens is 266 g/mol. The molecule has 0 saturated carbocycles. The molecule has 1 nitrogen and oxygen atoms in total. The fourth-order valence-electron chi connectivity index (χ4n) is 1.94. The molecule has 4 heteroatoms. The number of alkyl halides is 1. The molecule has 16 heavy (non-hydrogen) atoms. The van der Waals surface area contributed by atoms with E-state index in [1.807, 2.05) is 12.1 Å². The van der Waals surface area contributed by atoms with Crippen LogP contribution in [0.5, 0.6) is 0 Å². The van der Waals surface area contributed by atoms with Crippen molar-refractivity contribution in [2.75, 3.05) is 13.2 Å². The summed E-state index contributed by atoms with van der Waals surface area (Å²) in [7, 11) is 0. The Labute approximate surface area is 111 Å². The molecule has 1 aliphatic heterocycles. The van der Waals surface area contributed by atoms with Gasteiger partial charge in [-0.25, -0.2) is 0 Å². The first-order valence-corrected chi connectivity index (χ1v) is 6.52. The summed E-state index contributed by atoms with van der Waals surface area (Å²) in [6.07, 6.45) is 1.73. The van der Waals surface area contributed by atoms with Gasteiger partial charge in [0.2, 0.25) is 0 Å². The van der Waals surface area contributed by atoms with Gasteiger partial charge in [-0.3, -0.25) is 0 Å². The molecule has 1 aromatic carbocycles. The Bertz CT molecular complexity index is 367. The highest BCUT2D eigenvalue weighted by Gasteiger charge is 2.24. The van der Waals surface area contributed by atoms with E-state index in [2.05, 4.69) is 0 Å². The van der Waals surface area contributed by atoms with Crippen molar-refractivity contribution >= 4 is 34.8 Å². The highest BCUT2D eigenvalue weighted by atomic mass is 35.5. The van der Waals surface area contributed by atoms with Crippen molar-refractivity contribution < 1.29 is 4.74 Å². The molecule has 1 fully saturated rings. The van der Waals surface area contributed by atoms with Gasteiger partial charge in [0.1, 0.15) is 0 Å². The van der Waals surface area contributed by atoms with Gasteiger partial charge >= 0.3 is 0 Å². The number of hydrogen-bond acceptors (Lipinski definition) is 1. The van der Waals surface area contributed by atoms with Gasteiger partial charge in [-0.15, -0.1) is 11.6 Å². The normalized spacial score (nSPS) is 25.7. The molecule has 88 valence electrons. The molecule has 1 aromatic rings. The number of halogens is 3. The van der Waals surface area contributed by atoms with Crippen LogP contribution >= 0.6 is 34.8 Å². The molecule has 1 aliphatic rings. The van der Waals surface area contributed by atoms with Crippen LogP contribution in [0.2, 0.25) is 10.0 Å². The van der Waals surface area contributed by atoms with Crippen LogP contribution in [0.3, 0.4) is 0 Å². The Kier molecular flexibility index (Phi) is 4.37. The zero-order valence-corrected chi connectivity index (χ0v) is 11.0. The van der Waals surface area contributed by atoms with Crippen LogP contribution in [0.25, 0.3) is 0 Å². The molecule has 0 aromatic heterocycles. The lowest BCUT2D eigenvalue weighted by atomic mass is 9.94. The molecule has 0 aliphatic carbocycles. The number of benzene rings is 1. The van der Waals surface area contributed by atoms with E-state index in [9.17, 15) is 0 Å². The van der Waals surface area contributed by atoms with Crippen molar-refractivity contribution in [2.24, 2.45) is 5.92 Å². The van der Waals surface area contributed by atoms with Crippen molar-refractivity contribution in [1.82, 2.24) is 0 Å². The van der Waals surface area contributed by atoms with Crippen molar-refractivity contribution in [3.05, 3.63) is 33.8 Å². The van der Waals surface area contributed by atoms with E-state index in [0.29, 0.717) is 17.5 Å². The van der Waals surface area contributed by atoms with Gasteiger partial charge in [0, 0.05) is 27.9 Å². The summed E-state index contributed by atoms with van der Waals surface area (Å²) >= 11 is 18.3. The molecule has 2 rings (SSSR count). The molecule has 0 spiro atoms. The maximum atomic E-state index is 6.27. The molecule has 2 atom stereocenters. The minimum Gasteiger partial charge on any atom is -0.381 e.